The van der Waals surface area contributed by atoms with Crippen molar-refractivity contribution in [2.24, 2.45) is 11.3 Å². The lowest BCUT2D eigenvalue weighted by Gasteiger charge is -2.30. The molecule has 0 spiro atoms. The number of nitrogens with one attached hydrogen (secondary N) is 2. The molecule has 1 rings (SSSR count). The van der Waals surface area contributed by atoms with Gasteiger partial charge in [-0.2, -0.15) is 0 Å². The maximum absolute atomic E-state index is 11.5. The van der Waals surface area contributed by atoms with Gasteiger partial charge in [-0.15, -0.1) is 0 Å². The van der Waals surface area contributed by atoms with E-state index < -0.39 is 0 Å². The lowest BCUT2D eigenvalue weighted by Crippen LogP contribution is -2.28. The highest BCUT2D eigenvalue weighted by atomic mass is 16.1. The Morgan fingerprint density at radius 1 is 1.37 bits per heavy atom. The smallest absolute Gasteiger partial charge is 0.251 e. The van der Waals surface area contributed by atoms with E-state index >= 15 is 0 Å². The van der Waals surface area contributed by atoms with Gasteiger partial charge in [-0.25, -0.2) is 0 Å². The second-order valence-corrected chi connectivity index (χ2v) is 5.88. The number of nitrogen functional groups attached to an aromatic ring is 1. The first kappa shape index (κ1) is 15.3. The SMILES string of the molecule is CNC(=O)c1ccc(NCC(C)(C)C(C)C)c(N)c1. The molecule has 1 amide bonds. The molecule has 4 nitrogen and oxygen atoms in total. The Kier molecular flexibility index (Phi) is 4.81. The zero-order valence-electron chi connectivity index (χ0n) is 12.5. The van der Waals surface area contributed by atoms with Gasteiger partial charge in [-0.3, -0.25) is 4.79 Å². The van der Waals surface area contributed by atoms with Crippen molar-refractivity contribution < 1.29 is 4.79 Å². The highest BCUT2D eigenvalue weighted by Gasteiger charge is 2.22. The molecule has 106 valence electrons. The van der Waals surface area contributed by atoms with E-state index in [2.05, 4.69) is 38.3 Å². The zero-order chi connectivity index (χ0) is 14.6. The first-order valence-corrected chi connectivity index (χ1v) is 6.63. The quantitative estimate of drug-likeness (QED) is 0.716. The lowest BCUT2D eigenvalue weighted by atomic mass is 9.81. The van der Waals surface area contributed by atoms with Crippen LogP contribution in [0.1, 0.15) is 38.1 Å². The van der Waals surface area contributed by atoms with Crippen LogP contribution >= 0.6 is 0 Å². The van der Waals surface area contributed by atoms with Crippen LogP contribution in [0.15, 0.2) is 18.2 Å². The third-order valence-electron chi connectivity index (χ3n) is 3.84. The van der Waals surface area contributed by atoms with Crippen LogP contribution in [0.4, 0.5) is 11.4 Å². The van der Waals surface area contributed by atoms with E-state index in [1.807, 2.05) is 6.07 Å². The summed E-state index contributed by atoms with van der Waals surface area (Å²) < 4.78 is 0. The molecule has 0 bridgehead atoms. The maximum atomic E-state index is 11.5. The second kappa shape index (κ2) is 5.95. The summed E-state index contributed by atoms with van der Waals surface area (Å²) in [6, 6.07) is 5.33. The highest BCUT2D eigenvalue weighted by Crippen LogP contribution is 2.28. The van der Waals surface area contributed by atoms with Crippen LogP contribution in [0, 0.1) is 11.3 Å². The van der Waals surface area contributed by atoms with Crippen molar-refractivity contribution in [3.63, 3.8) is 0 Å². The summed E-state index contributed by atoms with van der Waals surface area (Å²) in [5, 5.41) is 5.95. The van der Waals surface area contributed by atoms with Gasteiger partial charge in [-0.1, -0.05) is 27.7 Å². The normalized spacial score (nSPS) is 11.5. The Morgan fingerprint density at radius 3 is 2.47 bits per heavy atom. The van der Waals surface area contributed by atoms with Crippen LogP contribution in [-0.4, -0.2) is 19.5 Å². The molecule has 0 aromatic heterocycles. The van der Waals surface area contributed by atoms with E-state index in [4.69, 9.17) is 5.73 Å². The molecule has 0 atom stereocenters. The monoisotopic (exact) mass is 263 g/mol. The van der Waals surface area contributed by atoms with Crippen molar-refractivity contribution in [3.8, 4) is 0 Å². The topological polar surface area (TPSA) is 67.2 Å². The maximum Gasteiger partial charge on any atom is 0.251 e. The number of carbonyl (C=O) groups is 1. The number of benzene rings is 1. The highest BCUT2D eigenvalue weighted by molar-refractivity contribution is 5.95. The fourth-order valence-electron chi connectivity index (χ4n) is 1.54. The number of hydrogen-bond donors (Lipinski definition) is 3. The molecule has 1 aromatic rings. The van der Waals surface area contributed by atoms with Gasteiger partial charge in [0.05, 0.1) is 11.4 Å². The van der Waals surface area contributed by atoms with Crippen molar-refractivity contribution in [2.45, 2.75) is 27.7 Å². The summed E-state index contributed by atoms with van der Waals surface area (Å²) in [4.78, 5) is 11.5. The minimum absolute atomic E-state index is 0.124. The Hall–Kier alpha value is -1.71. The van der Waals surface area contributed by atoms with Crippen LogP contribution < -0.4 is 16.4 Å². The van der Waals surface area contributed by atoms with E-state index in [9.17, 15) is 4.79 Å². The Morgan fingerprint density at radius 2 is 2.00 bits per heavy atom. The standard InChI is InChI=1S/C15H25N3O/c1-10(2)15(3,4)9-18-13-7-6-11(8-12(13)16)14(19)17-5/h6-8,10,18H,9,16H2,1-5H3,(H,17,19). The molecule has 0 fully saturated rings. The summed E-state index contributed by atoms with van der Waals surface area (Å²) in [5.41, 5.74) is 8.21. The fourth-order valence-corrected chi connectivity index (χ4v) is 1.54. The molecule has 0 unspecified atom stereocenters. The summed E-state index contributed by atoms with van der Waals surface area (Å²) in [5.74, 6) is 0.451. The van der Waals surface area contributed by atoms with Gasteiger partial charge in [0.15, 0.2) is 0 Å². The van der Waals surface area contributed by atoms with Gasteiger partial charge in [0.25, 0.3) is 5.91 Å². The molecule has 0 heterocycles. The molecule has 0 aliphatic carbocycles. The minimum atomic E-state index is -0.124. The van der Waals surface area contributed by atoms with E-state index in [1.165, 1.54) is 0 Å². The minimum Gasteiger partial charge on any atom is -0.397 e. The van der Waals surface area contributed by atoms with Crippen molar-refractivity contribution in [2.75, 3.05) is 24.6 Å². The molecule has 0 saturated heterocycles. The van der Waals surface area contributed by atoms with Gasteiger partial charge < -0.3 is 16.4 Å². The van der Waals surface area contributed by atoms with Gasteiger partial charge in [0.1, 0.15) is 0 Å². The number of carbonyl (C=O) groups excluding carboxylic acids is 1. The third-order valence-corrected chi connectivity index (χ3v) is 3.84. The van der Waals surface area contributed by atoms with Crippen molar-refractivity contribution >= 4 is 17.3 Å². The van der Waals surface area contributed by atoms with Crippen LogP contribution in [-0.2, 0) is 0 Å². The van der Waals surface area contributed by atoms with E-state index in [-0.39, 0.29) is 11.3 Å². The van der Waals surface area contributed by atoms with Crippen LogP contribution in [0.5, 0.6) is 0 Å². The Balaban J connectivity index is 2.79. The first-order valence-electron chi connectivity index (χ1n) is 6.63. The summed E-state index contributed by atoms with van der Waals surface area (Å²) >= 11 is 0. The molecule has 19 heavy (non-hydrogen) atoms. The van der Waals surface area contributed by atoms with E-state index in [0.29, 0.717) is 17.2 Å². The summed E-state index contributed by atoms with van der Waals surface area (Å²) in [6.07, 6.45) is 0. The van der Waals surface area contributed by atoms with Gasteiger partial charge in [0, 0.05) is 19.2 Å². The number of anilines is 2. The van der Waals surface area contributed by atoms with E-state index in [1.54, 1.807) is 19.2 Å². The van der Waals surface area contributed by atoms with Crippen LogP contribution in [0.25, 0.3) is 0 Å². The summed E-state index contributed by atoms with van der Waals surface area (Å²) in [6.45, 7) is 9.70. The Bertz CT molecular complexity index is 453. The van der Waals surface area contributed by atoms with Crippen LogP contribution in [0.2, 0.25) is 0 Å². The van der Waals surface area contributed by atoms with Crippen molar-refractivity contribution in [3.05, 3.63) is 23.8 Å². The average Bonchev–Trinajstić information content (AvgIpc) is 2.36. The molecular formula is C15H25N3O. The number of rotatable bonds is 5. The molecule has 0 aliphatic heterocycles. The first-order chi connectivity index (χ1) is 8.77. The Labute approximate surface area is 115 Å². The van der Waals surface area contributed by atoms with E-state index in [0.717, 1.165) is 12.2 Å². The number of nitrogens with two attached hydrogens (primary N) is 1. The fraction of sp³-hybridized carbons (Fsp3) is 0.533. The lowest BCUT2D eigenvalue weighted by molar-refractivity contribution is 0.0963. The van der Waals surface area contributed by atoms with Crippen molar-refractivity contribution in [1.82, 2.24) is 5.32 Å². The molecular weight excluding hydrogens is 238 g/mol. The predicted octanol–water partition coefficient (Wildman–Crippen LogP) is 2.72. The molecule has 0 aliphatic rings. The summed E-state index contributed by atoms with van der Waals surface area (Å²) in [7, 11) is 1.61. The van der Waals surface area contributed by atoms with Crippen LogP contribution in [0.3, 0.4) is 0 Å². The molecule has 4 N–H and O–H groups in total. The molecule has 4 heteroatoms. The molecule has 0 radical (unpaired) electrons. The van der Waals surface area contributed by atoms with Gasteiger partial charge in [-0.05, 0) is 29.5 Å². The third kappa shape index (κ3) is 3.88. The predicted molar refractivity (Wildman–Crippen MR) is 81.4 cm³/mol. The average molecular weight is 263 g/mol. The van der Waals surface area contributed by atoms with Gasteiger partial charge in [0.2, 0.25) is 0 Å². The molecule has 0 saturated carbocycles. The number of amides is 1. The zero-order valence-corrected chi connectivity index (χ0v) is 12.5. The largest absolute Gasteiger partial charge is 0.397 e. The molecule has 1 aromatic carbocycles. The van der Waals surface area contributed by atoms with Crippen molar-refractivity contribution in [1.29, 1.82) is 0 Å². The second-order valence-electron chi connectivity index (χ2n) is 5.88. The number of hydrogen-bond acceptors (Lipinski definition) is 3. The van der Waals surface area contributed by atoms with Gasteiger partial charge >= 0.3 is 0 Å².